The molecule has 0 N–H and O–H groups in total. The Labute approximate surface area is 197 Å². The van der Waals surface area contributed by atoms with Gasteiger partial charge < -0.3 is 13.9 Å². The van der Waals surface area contributed by atoms with Gasteiger partial charge in [-0.05, 0) is 42.5 Å². The van der Waals surface area contributed by atoms with Gasteiger partial charge >= 0.3 is 4.94 Å². The summed E-state index contributed by atoms with van der Waals surface area (Å²) in [6.45, 7) is 0. The van der Waals surface area contributed by atoms with Crippen molar-refractivity contribution in [2.24, 2.45) is 0 Å². The molecule has 0 aliphatic heterocycles. The van der Waals surface area contributed by atoms with Crippen LogP contribution in [0.2, 0.25) is 5.02 Å². The smallest absolute Gasteiger partial charge is 0.396 e. The van der Waals surface area contributed by atoms with Gasteiger partial charge in [-0.15, -0.1) is 0 Å². The van der Waals surface area contributed by atoms with Gasteiger partial charge in [0.25, 0.3) is 15.9 Å². The summed E-state index contributed by atoms with van der Waals surface area (Å²) in [6, 6.07) is 14.5. The molecule has 0 aliphatic rings. The minimum atomic E-state index is -4.54. The molecule has 4 rings (SSSR count). The quantitative estimate of drug-likeness (QED) is 0.378. The number of benzene rings is 3. The summed E-state index contributed by atoms with van der Waals surface area (Å²) in [6.07, 6.45) is 0. The minimum Gasteiger partial charge on any atom is -0.497 e. The molecule has 1 amide bonds. The summed E-state index contributed by atoms with van der Waals surface area (Å²) in [4.78, 5) is 24.4. The standard InChI is InChI=1S/C22H16ClNO7S2/c1-29-14-8-10-18(30-2)20(12-14)33(27,28)24(21(25)15-5-3-4-6-16(15)23)13-7-9-17-19(11-13)32-22(26)31-17/h3-12H,1-2H3. The molecule has 0 radical (unpaired) electrons. The number of anilines is 1. The Morgan fingerprint density at radius 1 is 1.03 bits per heavy atom. The third-order valence-electron chi connectivity index (χ3n) is 4.73. The molecule has 0 atom stereocenters. The first-order valence-electron chi connectivity index (χ1n) is 9.36. The Hall–Kier alpha value is -3.34. The van der Waals surface area contributed by atoms with Gasteiger partial charge in [-0.1, -0.05) is 35.1 Å². The minimum absolute atomic E-state index is 0.00524. The summed E-state index contributed by atoms with van der Waals surface area (Å²) in [7, 11) is -1.84. The van der Waals surface area contributed by atoms with E-state index < -0.39 is 20.9 Å². The van der Waals surface area contributed by atoms with Crippen LogP contribution in [0, 0.1) is 0 Å². The number of nitrogens with zero attached hydrogens (tertiary/aromatic N) is 1. The maximum atomic E-state index is 13.9. The highest BCUT2D eigenvalue weighted by Crippen LogP contribution is 2.36. The van der Waals surface area contributed by atoms with Gasteiger partial charge in [0, 0.05) is 6.07 Å². The predicted molar refractivity (Wildman–Crippen MR) is 125 cm³/mol. The van der Waals surface area contributed by atoms with Gasteiger partial charge in [0.15, 0.2) is 0 Å². The van der Waals surface area contributed by atoms with Crippen LogP contribution < -0.4 is 18.7 Å². The second kappa shape index (κ2) is 8.89. The lowest BCUT2D eigenvalue weighted by Gasteiger charge is -2.24. The third kappa shape index (κ3) is 4.20. The van der Waals surface area contributed by atoms with E-state index in [1.54, 1.807) is 12.1 Å². The fourth-order valence-electron chi connectivity index (χ4n) is 3.18. The topological polar surface area (TPSA) is 103 Å². The predicted octanol–water partition coefficient (Wildman–Crippen LogP) is 4.56. The maximum Gasteiger partial charge on any atom is 0.396 e. The Morgan fingerprint density at radius 3 is 2.48 bits per heavy atom. The van der Waals surface area contributed by atoms with Crippen molar-refractivity contribution in [3.05, 3.63) is 81.0 Å². The number of rotatable bonds is 6. The SMILES string of the molecule is COc1ccc(OC)c(S(=O)(=O)N(C(=O)c2ccccc2Cl)c2ccc3oc(=O)sc3c2)c1. The normalized spacial score (nSPS) is 11.4. The average Bonchev–Trinajstić information content (AvgIpc) is 3.18. The molecule has 0 fully saturated rings. The number of carbonyl (C=O) groups excluding carboxylic acids is 1. The van der Waals surface area contributed by atoms with Gasteiger partial charge in [0.05, 0.1) is 35.2 Å². The van der Waals surface area contributed by atoms with Crippen molar-refractivity contribution >= 4 is 54.8 Å². The van der Waals surface area contributed by atoms with Crippen LogP contribution in [0.15, 0.2) is 74.8 Å². The Kier molecular flexibility index (Phi) is 6.15. The molecule has 0 aliphatic carbocycles. The van der Waals surface area contributed by atoms with Crippen molar-refractivity contribution in [3.63, 3.8) is 0 Å². The lowest BCUT2D eigenvalue weighted by atomic mass is 10.2. The molecule has 170 valence electrons. The number of carbonyl (C=O) groups is 1. The number of halogens is 1. The van der Waals surface area contributed by atoms with Crippen LogP contribution >= 0.6 is 22.9 Å². The van der Waals surface area contributed by atoms with Gasteiger partial charge in [0.2, 0.25) is 0 Å². The molecule has 3 aromatic carbocycles. The second-order valence-electron chi connectivity index (χ2n) is 6.66. The highest BCUT2D eigenvalue weighted by atomic mass is 35.5. The second-order valence-corrected chi connectivity index (χ2v) is 9.80. The first-order chi connectivity index (χ1) is 15.8. The molecule has 8 nitrogen and oxygen atoms in total. The van der Waals surface area contributed by atoms with Crippen LogP contribution in [0.3, 0.4) is 0 Å². The molecule has 0 spiro atoms. The number of sulfonamides is 1. The van der Waals surface area contributed by atoms with Crippen LogP contribution in [-0.2, 0) is 10.0 Å². The fourth-order valence-corrected chi connectivity index (χ4v) is 5.67. The highest BCUT2D eigenvalue weighted by Gasteiger charge is 2.35. The van der Waals surface area contributed by atoms with Crippen molar-refractivity contribution in [2.75, 3.05) is 18.5 Å². The molecule has 0 unspecified atom stereocenters. The molecular formula is C22H16ClNO7S2. The van der Waals surface area contributed by atoms with Crippen molar-refractivity contribution in [2.45, 2.75) is 4.90 Å². The van der Waals surface area contributed by atoms with Crippen molar-refractivity contribution in [1.82, 2.24) is 0 Å². The summed E-state index contributed by atoms with van der Waals surface area (Å²) in [5, 5.41) is 0.0781. The molecule has 1 aromatic heterocycles. The Morgan fingerprint density at radius 2 is 1.79 bits per heavy atom. The zero-order valence-electron chi connectivity index (χ0n) is 17.3. The van der Waals surface area contributed by atoms with Crippen LogP contribution in [-0.4, -0.2) is 28.5 Å². The lowest BCUT2D eigenvalue weighted by Crippen LogP contribution is -2.37. The number of fused-ring (bicyclic) bond motifs is 1. The van der Waals surface area contributed by atoms with Crippen molar-refractivity contribution in [3.8, 4) is 11.5 Å². The van der Waals surface area contributed by atoms with Gasteiger partial charge in [-0.2, -0.15) is 4.31 Å². The number of hydrogen-bond acceptors (Lipinski definition) is 8. The summed E-state index contributed by atoms with van der Waals surface area (Å²) >= 11 is 7.00. The van der Waals surface area contributed by atoms with Crippen LogP contribution in [0.1, 0.15) is 10.4 Å². The Bertz CT molecular complexity index is 1530. The molecule has 33 heavy (non-hydrogen) atoms. The van der Waals surface area contributed by atoms with E-state index in [0.717, 1.165) is 11.3 Å². The van der Waals surface area contributed by atoms with Gasteiger partial charge in [-0.25, -0.2) is 13.2 Å². The molecule has 0 bridgehead atoms. The monoisotopic (exact) mass is 505 g/mol. The third-order valence-corrected chi connectivity index (χ3v) is 7.58. The van der Waals surface area contributed by atoms with Gasteiger partial charge in [0.1, 0.15) is 22.0 Å². The largest absolute Gasteiger partial charge is 0.497 e. The highest BCUT2D eigenvalue weighted by molar-refractivity contribution is 7.93. The Balaban J connectivity index is 1.98. The molecule has 1 heterocycles. The van der Waals surface area contributed by atoms with E-state index in [9.17, 15) is 18.0 Å². The summed E-state index contributed by atoms with van der Waals surface area (Å²) in [5.41, 5.74) is 0.245. The summed E-state index contributed by atoms with van der Waals surface area (Å²) < 4.78 is 44.3. The van der Waals surface area contributed by atoms with E-state index in [2.05, 4.69) is 0 Å². The molecule has 0 saturated heterocycles. The number of methoxy groups -OCH3 is 2. The zero-order chi connectivity index (χ0) is 23.8. The number of ether oxygens (including phenoxy) is 2. The van der Waals surface area contributed by atoms with Gasteiger partial charge in [-0.3, -0.25) is 4.79 Å². The zero-order valence-corrected chi connectivity index (χ0v) is 19.7. The van der Waals surface area contributed by atoms with Crippen molar-refractivity contribution in [1.29, 1.82) is 0 Å². The average molecular weight is 506 g/mol. The van der Waals surface area contributed by atoms with Crippen LogP contribution in [0.5, 0.6) is 11.5 Å². The van der Waals surface area contributed by atoms with E-state index in [1.165, 1.54) is 62.8 Å². The molecule has 0 saturated carbocycles. The van der Waals surface area contributed by atoms with Crippen molar-refractivity contribution < 1.29 is 27.1 Å². The van der Waals surface area contributed by atoms with Crippen LogP contribution in [0.4, 0.5) is 5.69 Å². The number of amides is 1. The van der Waals surface area contributed by atoms with Crippen LogP contribution in [0.25, 0.3) is 10.3 Å². The fraction of sp³-hybridized carbons (Fsp3) is 0.0909. The number of hydrogen-bond donors (Lipinski definition) is 0. The van der Waals surface area contributed by atoms with E-state index in [0.29, 0.717) is 9.01 Å². The first-order valence-corrected chi connectivity index (χ1v) is 12.0. The van der Waals surface area contributed by atoms with E-state index >= 15 is 0 Å². The molecule has 4 aromatic rings. The maximum absolute atomic E-state index is 13.9. The molecule has 11 heteroatoms. The van der Waals surface area contributed by atoms with E-state index in [4.69, 9.17) is 25.5 Å². The first kappa shape index (κ1) is 22.8. The summed E-state index contributed by atoms with van der Waals surface area (Å²) in [5.74, 6) is -0.620. The van der Waals surface area contributed by atoms with E-state index in [-0.39, 0.29) is 38.3 Å². The van der Waals surface area contributed by atoms with E-state index in [1.807, 2.05) is 0 Å². The lowest BCUT2D eigenvalue weighted by molar-refractivity contribution is 0.101. The molecular weight excluding hydrogens is 490 g/mol.